The van der Waals surface area contributed by atoms with Gasteiger partial charge in [-0.3, -0.25) is 0 Å². The second kappa shape index (κ2) is 2.92. The molecular weight excluding hydrogens is 156 g/mol. The van der Waals surface area contributed by atoms with Crippen molar-refractivity contribution in [2.45, 2.75) is 12.8 Å². The van der Waals surface area contributed by atoms with Crippen LogP contribution in [0.2, 0.25) is 0 Å². The number of hydrogen-bond donors (Lipinski definition) is 1. The minimum absolute atomic E-state index is 0.376. The number of anilines is 1. The summed E-state index contributed by atoms with van der Waals surface area (Å²) in [5, 5.41) is 5.94. The summed E-state index contributed by atoms with van der Waals surface area (Å²) in [5.74, 6) is 0.691. The lowest BCUT2D eigenvalue weighted by atomic mass is 10.4. The SMILES string of the molecule is O=c1nc(N2CCCC2)cn[nH]1. The van der Waals surface area contributed by atoms with Crippen molar-refractivity contribution in [3.05, 3.63) is 16.7 Å². The fourth-order valence-electron chi connectivity index (χ4n) is 1.40. The summed E-state index contributed by atoms with van der Waals surface area (Å²) in [6.07, 6.45) is 3.94. The summed E-state index contributed by atoms with van der Waals surface area (Å²) in [5.41, 5.74) is -0.376. The second-order valence-corrected chi connectivity index (χ2v) is 2.84. The zero-order chi connectivity index (χ0) is 8.39. The monoisotopic (exact) mass is 166 g/mol. The third kappa shape index (κ3) is 1.30. The molecule has 0 radical (unpaired) electrons. The van der Waals surface area contributed by atoms with Crippen LogP contribution in [0.1, 0.15) is 12.8 Å². The molecule has 2 rings (SSSR count). The van der Waals surface area contributed by atoms with Crippen LogP contribution < -0.4 is 10.6 Å². The van der Waals surface area contributed by atoms with E-state index in [0.29, 0.717) is 5.82 Å². The molecule has 1 aliphatic rings. The smallest absolute Gasteiger partial charge is 0.355 e. The van der Waals surface area contributed by atoms with Crippen LogP contribution in [0.5, 0.6) is 0 Å². The van der Waals surface area contributed by atoms with Crippen LogP contribution in [0.15, 0.2) is 11.0 Å². The third-order valence-corrected chi connectivity index (χ3v) is 1.99. The van der Waals surface area contributed by atoms with Crippen molar-refractivity contribution in [2.75, 3.05) is 18.0 Å². The number of aromatic amines is 1. The van der Waals surface area contributed by atoms with Crippen molar-refractivity contribution in [3.8, 4) is 0 Å². The molecule has 0 aromatic carbocycles. The first kappa shape index (κ1) is 7.27. The quantitative estimate of drug-likeness (QED) is 0.625. The van der Waals surface area contributed by atoms with Gasteiger partial charge in [-0.05, 0) is 12.8 Å². The van der Waals surface area contributed by atoms with E-state index in [0.717, 1.165) is 13.1 Å². The number of rotatable bonds is 1. The van der Waals surface area contributed by atoms with Crippen LogP contribution >= 0.6 is 0 Å². The summed E-state index contributed by atoms with van der Waals surface area (Å²) in [7, 11) is 0. The average Bonchev–Trinajstić information content (AvgIpc) is 2.56. The van der Waals surface area contributed by atoms with Crippen molar-refractivity contribution < 1.29 is 0 Å². The van der Waals surface area contributed by atoms with Crippen LogP contribution in [0.3, 0.4) is 0 Å². The predicted octanol–water partition coefficient (Wildman–Crippen LogP) is -0.235. The van der Waals surface area contributed by atoms with Gasteiger partial charge in [-0.1, -0.05) is 0 Å². The first-order chi connectivity index (χ1) is 5.86. The second-order valence-electron chi connectivity index (χ2n) is 2.84. The summed E-state index contributed by atoms with van der Waals surface area (Å²) >= 11 is 0. The minimum atomic E-state index is -0.376. The molecule has 12 heavy (non-hydrogen) atoms. The van der Waals surface area contributed by atoms with E-state index in [4.69, 9.17) is 0 Å². The van der Waals surface area contributed by atoms with Gasteiger partial charge in [0.25, 0.3) is 0 Å². The van der Waals surface area contributed by atoms with Gasteiger partial charge in [0, 0.05) is 13.1 Å². The number of aromatic nitrogens is 3. The molecule has 1 aliphatic heterocycles. The number of nitrogens with one attached hydrogen (secondary N) is 1. The highest BCUT2D eigenvalue weighted by molar-refractivity contribution is 5.35. The zero-order valence-electron chi connectivity index (χ0n) is 6.66. The van der Waals surface area contributed by atoms with E-state index in [1.54, 1.807) is 6.20 Å². The molecule has 2 heterocycles. The van der Waals surface area contributed by atoms with Crippen molar-refractivity contribution in [2.24, 2.45) is 0 Å². The van der Waals surface area contributed by atoms with Crippen molar-refractivity contribution in [1.29, 1.82) is 0 Å². The molecule has 1 fully saturated rings. The maximum Gasteiger partial charge on any atom is 0.363 e. The van der Waals surface area contributed by atoms with Gasteiger partial charge in [0.15, 0.2) is 5.82 Å². The molecule has 1 saturated heterocycles. The van der Waals surface area contributed by atoms with E-state index in [-0.39, 0.29) is 5.69 Å². The molecule has 1 aromatic heterocycles. The van der Waals surface area contributed by atoms with Gasteiger partial charge >= 0.3 is 5.69 Å². The topological polar surface area (TPSA) is 61.9 Å². The lowest BCUT2D eigenvalue weighted by molar-refractivity contribution is 0.855. The van der Waals surface area contributed by atoms with Gasteiger partial charge in [-0.2, -0.15) is 10.1 Å². The van der Waals surface area contributed by atoms with Gasteiger partial charge in [0.2, 0.25) is 0 Å². The van der Waals surface area contributed by atoms with Crippen LogP contribution in [0.25, 0.3) is 0 Å². The Morgan fingerprint density at radius 2 is 2.17 bits per heavy atom. The zero-order valence-corrected chi connectivity index (χ0v) is 6.66. The molecule has 0 amide bonds. The Morgan fingerprint density at radius 1 is 1.42 bits per heavy atom. The van der Waals surface area contributed by atoms with Gasteiger partial charge in [0.1, 0.15) is 0 Å². The summed E-state index contributed by atoms with van der Waals surface area (Å²) in [6, 6.07) is 0. The van der Waals surface area contributed by atoms with Crippen LogP contribution in [-0.4, -0.2) is 28.3 Å². The fraction of sp³-hybridized carbons (Fsp3) is 0.571. The lowest BCUT2D eigenvalue weighted by Crippen LogP contribution is -2.23. The van der Waals surface area contributed by atoms with Gasteiger partial charge in [-0.15, -0.1) is 0 Å². The van der Waals surface area contributed by atoms with Crippen molar-refractivity contribution in [3.63, 3.8) is 0 Å². The maximum atomic E-state index is 10.8. The Kier molecular flexibility index (Phi) is 1.77. The highest BCUT2D eigenvalue weighted by Crippen LogP contribution is 2.13. The fourth-order valence-corrected chi connectivity index (χ4v) is 1.40. The Morgan fingerprint density at radius 3 is 2.83 bits per heavy atom. The lowest BCUT2D eigenvalue weighted by Gasteiger charge is -2.13. The summed E-state index contributed by atoms with van der Waals surface area (Å²) in [6.45, 7) is 1.97. The molecule has 0 bridgehead atoms. The molecule has 1 aromatic rings. The molecule has 0 aliphatic carbocycles. The molecule has 0 spiro atoms. The minimum Gasteiger partial charge on any atom is -0.355 e. The largest absolute Gasteiger partial charge is 0.363 e. The highest BCUT2D eigenvalue weighted by Gasteiger charge is 2.13. The highest BCUT2D eigenvalue weighted by atomic mass is 16.1. The van der Waals surface area contributed by atoms with E-state index in [1.165, 1.54) is 12.8 Å². The van der Waals surface area contributed by atoms with E-state index >= 15 is 0 Å². The van der Waals surface area contributed by atoms with E-state index in [1.807, 2.05) is 0 Å². The Labute approximate surface area is 69.4 Å². The molecular formula is C7H10N4O. The maximum absolute atomic E-state index is 10.8. The molecule has 0 saturated carbocycles. The van der Waals surface area contributed by atoms with E-state index in [9.17, 15) is 4.79 Å². The van der Waals surface area contributed by atoms with Gasteiger partial charge in [-0.25, -0.2) is 9.89 Å². The number of hydrogen-bond acceptors (Lipinski definition) is 4. The van der Waals surface area contributed by atoms with E-state index in [2.05, 4.69) is 20.1 Å². The normalized spacial score (nSPS) is 16.8. The average molecular weight is 166 g/mol. The molecule has 64 valence electrons. The first-order valence-electron chi connectivity index (χ1n) is 4.03. The van der Waals surface area contributed by atoms with Crippen LogP contribution in [0, 0.1) is 0 Å². The van der Waals surface area contributed by atoms with Crippen LogP contribution in [-0.2, 0) is 0 Å². The van der Waals surface area contributed by atoms with Crippen molar-refractivity contribution >= 4 is 5.82 Å². The molecule has 0 unspecified atom stereocenters. The number of H-pyrrole nitrogens is 1. The Hall–Kier alpha value is -1.39. The van der Waals surface area contributed by atoms with Crippen LogP contribution in [0.4, 0.5) is 5.82 Å². The molecule has 5 nitrogen and oxygen atoms in total. The molecule has 1 N–H and O–H groups in total. The Bertz CT molecular complexity index is 315. The van der Waals surface area contributed by atoms with E-state index < -0.39 is 0 Å². The van der Waals surface area contributed by atoms with Crippen molar-refractivity contribution in [1.82, 2.24) is 15.2 Å². The Balaban J connectivity index is 2.27. The number of nitrogens with zero attached hydrogens (tertiary/aromatic N) is 3. The van der Waals surface area contributed by atoms with Gasteiger partial charge in [0.05, 0.1) is 6.20 Å². The third-order valence-electron chi connectivity index (χ3n) is 1.99. The standard InChI is InChI=1S/C7H10N4O/c12-7-9-6(5-8-10-7)11-3-1-2-4-11/h5H,1-4H2,(H,9,10,12). The summed E-state index contributed by atoms with van der Waals surface area (Å²) < 4.78 is 0. The van der Waals surface area contributed by atoms with Gasteiger partial charge < -0.3 is 4.90 Å². The first-order valence-corrected chi connectivity index (χ1v) is 4.03. The summed E-state index contributed by atoms with van der Waals surface area (Å²) in [4.78, 5) is 16.7. The molecule has 0 atom stereocenters. The predicted molar refractivity (Wildman–Crippen MR) is 44.1 cm³/mol. The molecule has 5 heteroatoms.